The normalized spacial score (nSPS) is 12.9. The Morgan fingerprint density at radius 2 is 1.88 bits per heavy atom. The summed E-state index contributed by atoms with van der Waals surface area (Å²) in [4.78, 5) is 12.4. The Bertz CT molecular complexity index is 717. The number of ether oxygens (including phenoxy) is 3. The van der Waals surface area contributed by atoms with E-state index < -0.39 is 11.8 Å². The van der Waals surface area contributed by atoms with Gasteiger partial charge in [0.25, 0.3) is 12.2 Å². The van der Waals surface area contributed by atoms with Crippen molar-refractivity contribution in [1.29, 1.82) is 0 Å². The highest BCUT2D eigenvalue weighted by atomic mass is 127. The predicted molar refractivity (Wildman–Crippen MR) is 102 cm³/mol. The maximum Gasteiger partial charge on any atom is 0.290 e. The first-order valence-electron chi connectivity index (χ1n) is 7.54. The van der Waals surface area contributed by atoms with Crippen LogP contribution in [0.25, 0.3) is 10.8 Å². The monoisotopic (exact) mass is 443 g/mol. The summed E-state index contributed by atoms with van der Waals surface area (Å²) >= 11 is 2.26. The van der Waals surface area contributed by atoms with Gasteiger partial charge in [-0.15, -0.1) is 0 Å². The van der Waals surface area contributed by atoms with Gasteiger partial charge in [0.05, 0.1) is 12.1 Å². The lowest BCUT2D eigenvalue weighted by Crippen LogP contribution is -2.52. The fraction of sp³-hybridized carbons (Fsp3) is 0.389. The molecule has 0 heterocycles. The number of amides is 1. The molecule has 6 heteroatoms. The standard InChI is InChI=1S/C18H22INO4/c1-18(2,11-22-3)20-16(21)17(23-4)24-15-8-6-12-5-7-14(19)9-13(12)10-15/h5-10,17H,11H2,1-4H3,(H,20,21). The van der Waals surface area contributed by atoms with Crippen molar-refractivity contribution in [1.82, 2.24) is 5.32 Å². The highest BCUT2D eigenvalue weighted by molar-refractivity contribution is 14.1. The van der Waals surface area contributed by atoms with E-state index in [0.29, 0.717) is 12.4 Å². The van der Waals surface area contributed by atoms with Crippen LogP contribution in [0.5, 0.6) is 5.75 Å². The first-order valence-corrected chi connectivity index (χ1v) is 8.62. The number of carbonyl (C=O) groups excluding carboxylic acids is 1. The number of rotatable bonds is 7. The Hall–Kier alpha value is -1.38. The van der Waals surface area contributed by atoms with E-state index in [1.165, 1.54) is 7.11 Å². The van der Waals surface area contributed by atoms with Crippen molar-refractivity contribution in [3.63, 3.8) is 0 Å². The molecule has 0 aliphatic carbocycles. The summed E-state index contributed by atoms with van der Waals surface area (Å²) < 4.78 is 17.2. The van der Waals surface area contributed by atoms with Gasteiger partial charge in [-0.2, -0.15) is 0 Å². The number of nitrogens with one attached hydrogen (secondary N) is 1. The average molecular weight is 443 g/mol. The average Bonchev–Trinajstić information content (AvgIpc) is 2.51. The Labute approximate surface area is 155 Å². The van der Waals surface area contributed by atoms with Gasteiger partial charge in [-0.1, -0.05) is 12.1 Å². The van der Waals surface area contributed by atoms with Gasteiger partial charge < -0.3 is 19.5 Å². The van der Waals surface area contributed by atoms with Crippen molar-refractivity contribution >= 4 is 39.3 Å². The largest absolute Gasteiger partial charge is 0.455 e. The summed E-state index contributed by atoms with van der Waals surface area (Å²) in [5, 5.41) is 5.02. The van der Waals surface area contributed by atoms with Crippen molar-refractivity contribution < 1.29 is 19.0 Å². The van der Waals surface area contributed by atoms with Crippen LogP contribution in [0.4, 0.5) is 0 Å². The fourth-order valence-corrected chi connectivity index (χ4v) is 2.91. The Balaban J connectivity index is 2.13. The van der Waals surface area contributed by atoms with Gasteiger partial charge in [0, 0.05) is 17.8 Å². The molecule has 2 rings (SSSR count). The summed E-state index contributed by atoms with van der Waals surface area (Å²) in [6, 6.07) is 11.8. The molecule has 1 amide bonds. The van der Waals surface area contributed by atoms with Crippen molar-refractivity contribution in [2.45, 2.75) is 25.7 Å². The van der Waals surface area contributed by atoms with Gasteiger partial charge in [0.1, 0.15) is 5.75 Å². The molecular weight excluding hydrogens is 421 g/mol. The lowest BCUT2D eigenvalue weighted by atomic mass is 10.1. The molecule has 0 spiro atoms. The first-order chi connectivity index (χ1) is 11.3. The molecule has 0 radical (unpaired) electrons. The van der Waals surface area contributed by atoms with Crippen LogP contribution in [0.2, 0.25) is 0 Å². The second kappa shape index (κ2) is 8.13. The van der Waals surface area contributed by atoms with E-state index in [0.717, 1.165) is 14.3 Å². The van der Waals surface area contributed by atoms with E-state index in [2.05, 4.69) is 40.0 Å². The van der Waals surface area contributed by atoms with Gasteiger partial charge in [0.2, 0.25) is 0 Å². The first kappa shape index (κ1) is 19.0. The van der Waals surface area contributed by atoms with Gasteiger partial charge in [-0.25, -0.2) is 0 Å². The molecule has 0 aliphatic rings. The lowest BCUT2D eigenvalue weighted by molar-refractivity contribution is -0.150. The zero-order valence-corrected chi connectivity index (χ0v) is 16.4. The molecule has 0 saturated heterocycles. The molecule has 1 unspecified atom stereocenters. The fourth-order valence-electron chi connectivity index (χ4n) is 2.39. The third-order valence-corrected chi connectivity index (χ3v) is 4.08. The number of hydrogen-bond donors (Lipinski definition) is 1. The summed E-state index contributed by atoms with van der Waals surface area (Å²) in [5.41, 5.74) is -0.508. The summed E-state index contributed by atoms with van der Waals surface area (Å²) in [5.74, 6) is 0.235. The van der Waals surface area contributed by atoms with Crippen LogP contribution in [0.3, 0.4) is 0 Å². The second-order valence-corrected chi connectivity index (χ2v) is 7.39. The van der Waals surface area contributed by atoms with Crippen LogP contribution < -0.4 is 10.1 Å². The molecule has 0 saturated carbocycles. The van der Waals surface area contributed by atoms with Crippen molar-refractivity contribution in [2.24, 2.45) is 0 Å². The predicted octanol–water partition coefficient (Wildman–Crippen LogP) is 3.34. The molecular formula is C18H22INO4. The minimum absolute atomic E-state index is 0.345. The van der Waals surface area contributed by atoms with Crippen LogP contribution >= 0.6 is 22.6 Å². The highest BCUT2D eigenvalue weighted by Crippen LogP contribution is 2.23. The summed E-state index contributed by atoms with van der Waals surface area (Å²) in [6.45, 7) is 4.14. The molecule has 130 valence electrons. The Kier molecular flexibility index (Phi) is 6.42. The number of hydrogen-bond acceptors (Lipinski definition) is 4. The lowest BCUT2D eigenvalue weighted by Gasteiger charge is -2.27. The van der Waals surface area contributed by atoms with Crippen molar-refractivity contribution in [2.75, 3.05) is 20.8 Å². The molecule has 5 nitrogen and oxygen atoms in total. The maximum absolute atomic E-state index is 12.4. The van der Waals surface area contributed by atoms with Gasteiger partial charge in [-0.3, -0.25) is 4.79 Å². The van der Waals surface area contributed by atoms with E-state index in [9.17, 15) is 4.79 Å². The number of carbonyl (C=O) groups is 1. The van der Waals surface area contributed by atoms with E-state index in [1.54, 1.807) is 7.11 Å². The number of halogens is 1. The van der Waals surface area contributed by atoms with E-state index in [1.807, 2.05) is 38.1 Å². The smallest absolute Gasteiger partial charge is 0.290 e. The molecule has 1 atom stereocenters. The van der Waals surface area contributed by atoms with Gasteiger partial charge >= 0.3 is 0 Å². The number of benzene rings is 2. The summed E-state index contributed by atoms with van der Waals surface area (Å²) in [7, 11) is 3.03. The highest BCUT2D eigenvalue weighted by Gasteiger charge is 2.27. The third kappa shape index (κ3) is 5.06. The minimum atomic E-state index is -1.03. The minimum Gasteiger partial charge on any atom is -0.455 e. The molecule has 0 aliphatic heterocycles. The van der Waals surface area contributed by atoms with Gasteiger partial charge in [-0.05, 0) is 71.5 Å². The molecule has 24 heavy (non-hydrogen) atoms. The Morgan fingerprint density at radius 3 is 2.54 bits per heavy atom. The second-order valence-electron chi connectivity index (χ2n) is 6.14. The summed E-state index contributed by atoms with van der Waals surface area (Å²) in [6.07, 6.45) is -1.03. The van der Waals surface area contributed by atoms with Crippen LogP contribution in [0.1, 0.15) is 13.8 Å². The topological polar surface area (TPSA) is 56.8 Å². The van der Waals surface area contributed by atoms with E-state index in [-0.39, 0.29) is 5.91 Å². The maximum atomic E-state index is 12.4. The quantitative estimate of drug-likeness (QED) is 0.527. The van der Waals surface area contributed by atoms with Crippen LogP contribution in [0.15, 0.2) is 36.4 Å². The zero-order valence-electron chi connectivity index (χ0n) is 14.3. The molecule has 1 N–H and O–H groups in total. The zero-order chi connectivity index (χ0) is 17.7. The SMILES string of the molecule is COCC(C)(C)NC(=O)C(OC)Oc1ccc2ccc(I)cc2c1. The van der Waals surface area contributed by atoms with Crippen molar-refractivity contribution in [3.05, 3.63) is 40.0 Å². The van der Waals surface area contributed by atoms with Crippen LogP contribution in [-0.2, 0) is 14.3 Å². The van der Waals surface area contributed by atoms with Crippen molar-refractivity contribution in [3.8, 4) is 5.75 Å². The number of fused-ring (bicyclic) bond motifs is 1. The van der Waals surface area contributed by atoms with E-state index in [4.69, 9.17) is 14.2 Å². The third-order valence-electron chi connectivity index (χ3n) is 3.41. The molecule has 0 fully saturated rings. The Morgan fingerprint density at radius 1 is 1.17 bits per heavy atom. The van der Waals surface area contributed by atoms with Gasteiger partial charge in [0.15, 0.2) is 0 Å². The molecule has 0 bridgehead atoms. The molecule has 2 aromatic rings. The van der Waals surface area contributed by atoms with Crippen LogP contribution in [0, 0.1) is 3.57 Å². The number of methoxy groups -OCH3 is 2. The molecule has 2 aromatic carbocycles. The molecule has 0 aromatic heterocycles. The van der Waals surface area contributed by atoms with Crippen LogP contribution in [-0.4, -0.2) is 38.6 Å². The van der Waals surface area contributed by atoms with E-state index >= 15 is 0 Å².